The Kier molecular flexibility index (Phi) is 2.83. The summed E-state index contributed by atoms with van der Waals surface area (Å²) in [7, 11) is 0. The van der Waals surface area contributed by atoms with Gasteiger partial charge in [0.25, 0.3) is 0 Å². The Balaban J connectivity index is 1.96. The summed E-state index contributed by atoms with van der Waals surface area (Å²) in [4.78, 5) is 15.6. The van der Waals surface area contributed by atoms with Gasteiger partial charge in [0, 0.05) is 25.3 Å². The van der Waals surface area contributed by atoms with E-state index in [1.165, 1.54) is 0 Å². The molecule has 1 saturated heterocycles. The van der Waals surface area contributed by atoms with Crippen molar-refractivity contribution in [3.63, 3.8) is 0 Å². The summed E-state index contributed by atoms with van der Waals surface area (Å²) < 4.78 is 0. The SMILES string of the molecule is Cc1cnc2ccc(N3CCCC(N)C3)nc2n1. The second-order valence-corrected chi connectivity index (χ2v) is 4.87. The van der Waals surface area contributed by atoms with E-state index in [-0.39, 0.29) is 6.04 Å². The molecular formula is C13H17N5. The van der Waals surface area contributed by atoms with Crippen LogP contribution in [0.2, 0.25) is 0 Å². The minimum absolute atomic E-state index is 0.250. The van der Waals surface area contributed by atoms with Crippen LogP contribution in [0.5, 0.6) is 0 Å². The Morgan fingerprint density at radius 2 is 2.22 bits per heavy atom. The molecule has 1 fully saturated rings. The van der Waals surface area contributed by atoms with E-state index in [0.29, 0.717) is 5.65 Å². The van der Waals surface area contributed by atoms with E-state index in [2.05, 4.69) is 19.9 Å². The molecule has 2 aromatic rings. The molecule has 0 aliphatic carbocycles. The number of rotatable bonds is 1. The van der Waals surface area contributed by atoms with Crippen molar-refractivity contribution in [1.29, 1.82) is 0 Å². The third-order valence-electron chi connectivity index (χ3n) is 3.29. The van der Waals surface area contributed by atoms with Gasteiger partial charge in [-0.1, -0.05) is 0 Å². The fourth-order valence-electron chi connectivity index (χ4n) is 2.37. The van der Waals surface area contributed by atoms with E-state index < -0.39 is 0 Å². The first-order valence-electron chi connectivity index (χ1n) is 6.33. The van der Waals surface area contributed by atoms with Gasteiger partial charge in [-0.2, -0.15) is 0 Å². The van der Waals surface area contributed by atoms with Gasteiger partial charge in [-0.3, -0.25) is 4.98 Å². The number of aryl methyl sites for hydroxylation is 1. The largest absolute Gasteiger partial charge is 0.355 e. The smallest absolute Gasteiger partial charge is 0.180 e. The summed E-state index contributed by atoms with van der Waals surface area (Å²) in [6, 6.07) is 4.23. The molecule has 1 aliphatic rings. The zero-order valence-electron chi connectivity index (χ0n) is 10.5. The molecule has 3 rings (SSSR count). The lowest BCUT2D eigenvalue weighted by molar-refractivity contribution is 0.503. The molecule has 0 spiro atoms. The van der Waals surface area contributed by atoms with E-state index in [0.717, 1.165) is 43.0 Å². The van der Waals surface area contributed by atoms with E-state index in [9.17, 15) is 0 Å². The molecule has 2 N–H and O–H groups in total. The van der Waals surface area contributed by atoms with E-state index in [1.807, 2.05) is 19.1 Å². The molecule has 1 unspecified atom stereocenters. The molecule has 1 atom stereocenters. The van der Waals surface area contributed by atoms with Gasteiger partial charge in [0.15, 0.2) is 5.65 Å². The highest BCUT2D eigenvalue weighted by Crippen LogP contribution is 2.19. The molecule has 2 aromatic heterocycles. The number of fused-ring (bicyclic) bond motifs is 1. The van der Waals surface area contributed by atoms with Gasteiger partial charge in [0.1, 0.15) is 11.3 Å². The summed E-state index contributed by atoms with van der Waals surface area (Å²) in [5.74, 6) is 0.956. The zero-order chi connectivity index (χ0) is 12.5. The van der Waals surface area contributed by atoms with Crippen molar-refractivity contribution in [1.82, 2.24) is 15.0 Å². The van der Waals surface area contributed by atoms with Crippen LogP contribution in [0.15, 0.2) is 18.3 Å². The van der Waals surface area contributed by atoms with Crippen molar-refractivity contribution in [2.45, 2.75) is 25.8 Å². The van der Waals surface area contributed by atoms with Crippen LogP contribution >= 0.6 is 0 Å². The monoisotopic (exact) mass is 243 g/mol. The standard InChI is InChI=1S/C13H17N5/c1-9-7-15-11-4-5-12(17-13(11)16-9)18-6-2-3-10(14)8-18/h4-5,7,10H,2-3,6,8,14H2,1H3. The lowest BCUT2D eigenvalue weighted by Crippen LogP contribution is -2.43. The van der Waals surface area contributed by atoms with Gasteiger partial charge >= 0.3 is 0 Å². The Hall–Kier alpha value is -1.75. The van der Waals surface area contributed by atoms with Crippen LogP contribution < -0.4 is 10.6 Å². The van der Waals surface area contributed by atoms with E-state index >= 15 is 0 Å². The molecule has 3 heterocycles. The van der Waals surface area contributed by atoms with Gasteiger partial charge < -0.3 is 10.6 Å². The number of hydrogen-bond donors (Lipinski definition) is 1. The van der Waals surface area contributed by atoms with E-state index in [4.69, 9.17) is 5.73 Å². The molecule has 0 saturated carbocycles. The maximum atomic E-state index is 6.00. The summed E-state index contributed by atoms with van der Waals surface area (Å²) in [6.45, 7) is 3.82. The predicted molar refractivity (Wildman–Crippen MR) is 71.5 cm³/mol. The molecule has 5 heteroatoms. The van der Waals surface area contributed by atoms with Crippen molar-refractivity contribution in [3.8, 4) is 0 Å². The van der Waals surface area contributed by atoms with Crippen LogP contribution in [0.1, 0.15) is 18.5 Å². The average Bonchev–Trinajstić information content (AvgIpc) is 2.38. The van der Waals surface area contributed by atoms with Crippen molar-refractivity contribution in [2.75, 3.05) is 18.0 Å². The highest BCUT2D eigenvalue weighted by molar-refractivity contribution is 5.72. The second kappa shape index (κ2) is 4.49. The number of pyridine rings is 1. The van der Waals surface area contributed by atoms with Gasteiger partial charge in [0.2, 0.25) is 0 Å². The maximum absolute atomic E-state index is 6.00. The van der Waals surface area contributed by atoms with Gasteiger partial charge in [-0.25, -0.2) is 9.97 Å². The molecule has 1 aliphatic heterocycles. The van der Waals surface area contributed by atoms with Crippen molar-refractivity contribution >= 4 is 17.0 Å². The second-order valence-electron chi connectivity index (χ2n) is 4.87. The van der Waals surface area contributed by atoms with Gasteiger partial charge in [-0.05, 0) is 31.9 Å². The highest BCUT2D eigenvalue weighted by Gasteiger charge is 2.18. The summed E-state index contributed by atoms with van der Waals surface area (Å²) >= 11 is 0. The molecule has 94 valence electrons. The molecule has 0 amide bonds. The van der Waals surface area contributed by atoms with Crippen molar-refractivity contribution in [2.24, 2.45) is 5.73 Å². The highest BCUT2D eigenvalue weighted by atomic mass is 15.2. The van der Waals surface area contributed by atoms with Crippen LogP contribution in [-0.4, -0.2) is 34.1 Å². The van der Waals surface area contributed by atoms with Gasteiger partial charge in [0.05, 0.1) is 5.69 Å². The molecule has 0 bridgehead atoms. The van der Waals surface area contributed by atoms with Crippen molar-refractivity contribution < 1.29 is 0 Å². The van der Waals surface area contributed by atoms with E-state index in [1.54, 1.807) is 6.20 Å². The number of aromatic nitrogens is 3. The normalized spacial score (nSPS) is 20.3. The molecule has 0 radical (unpaired) electrons. The zero-order valence-corrected chi connectivity index (χ0v) is 10.5. The Labute approximate surface area is 106 Å². The first kappa shape index (κ1) is 11.3. The van der Waals surface area contributed by atoms with Crippen molar-refractivity contribution in [3.05, 3.63) is 24.0 Å². The van der Waals surface area contributed by atoms with Crippen LogP contribution in [0, 0.1) is 6.92 Å². The number of nitrogens with two attached hydrogens (primary N) is 1. The van der Waals surface area contributed by atoms with Crippen LogP contribution in [-0.2, 0) is 0 Å². The van der Waals surface area contributed by atoms with Gasteiger partial charge in [-0.15, -0.1) is 0 Å². The number of piperidine rings is 1. The number of nitrogens with zero attached hydrogens (tertiary/aromatic N) is 4. The molecule has 5 nitrogen and oxygen atoms in total. The van der Waals surface area contributed by atoms with Crippen LogP contribution in [0.25, 0.3) is 11.2 Å². The first-order chi connectivity index (χ1) is 8.72. The Bertz CT molecular complexity index is 568. The quantitative estimate of drug-likeness (QED) is 0.816. The molecule has 0 aromatic carbocycles. The maximum Gasteiger partial charge on any atom is 0.180 e. The summed E-state index contributed by atoms with van der Waals surface area (Å²) in [6.07, 6.45) is 3.99. The predicted octanol–water partition coefficient (Wildman–Crippen LogP) is 1.26. The minimum atomic E-state index is 0.250. The fourth-order valence-corrected chi connectivity index (χ4v) is 2.37. The average molecular weight is 243 g/mol. The number of hydrogen-bond acceptors (Lipinski definition) is 5. The van der Waals surface area contributed by atoms with Crippen LogP contribution in [0.4, 0.5) is 5.82 Å². The topological polar surface area (TPSA) is 67.9 Å². The fraction of sp³-hybridized carbons (Fsp3) is 0.462. The third kappa shape index (κ3) is 2.13. The third-order valence-corrected chi connectivity index (χ3v) is 3.29. The lowest BCUT2D eigenvalue weighted by Gasteiger charge is -2.31. The first-order valence-corrected chi connectivity index (χ1v) is 6.33. The Morgan fingerprint density at radius 1 is 1.33 bits per heavy atom. The Morgan fingerprint density at radius 3 is 3.06 bits per heavy atom. The van der Waals surface area contributed by atoms with Crippen LogP contribution in [0.3, 0.4) is 0 Å². The summed E-state index contributed by atoms with van der Waals surface area (Å²) in [5, 5.41) is 0. The molecular weight excluding hydrogens is 226 g/mol. The summed E-state index contributed by atoms with van der Waals surface area (Å²) in [5.41, 5.74) is 8.45. The lowest BCUT2D eigenvalue weighted by atomic mass is 10.1. The molecule has 18 heavy (non-hydrogen) atoms. The minimum Gasteiger partial charge on any atom is -0.355 e. The number of anilines is 1.